The number of aromatic nitrogens is 3. The number of furan rings is 1. The summed E-state index contributed by atoms with van der Waals surface area (Å²) >= 11 is 0. The molecule has 4 heterocycles. The molecule has 7 nitrogen and oxygen atoms in total. The highest BCUT2D eigenvalue weighted by atomic mass is 19.4. The van der Waals surface area contributed by atoms with Gasteiger partial charge in [0.1, 0.15) is 11.3 Å². The van der Waals surface area contributed by atoms with E-state index in [-0.39, 0.29) is 5.88 Å². The monoisotopic (exact) mass is 431 g/mol. The number of piperazine rings is 1. The minimum atomic E-state index is -4.44. The highest BCUT2D eigenvalue weighted by molar-refractivity contribution is 5.94. The molecular weight excluding hydrogens is 411 g/mol. The second-order valence-corrected chi connectivity index (χ2v) is 7.59. The van der Waals surface area contributed by atoms with E-state index in [2.05, 4.69) is 33.3 Å². The minimum absolute atomic E-state index is 0.143. The molecule has 0 amide bonds. The quantitative estimate of drug-likeness (QED) is 0.529. The van der Waals surface area contributed by atoms with Gasteiger partial charge in [0, 0.05) is 42.8 Å². The lowest BCUT2D eigenvalue weighted by molar-refractivity contribution is -0.154. The first-order valence-corrected chi connectivity index (χ1v) is 9.93. The van der Waals surface area contributed by atoms with Gasteiger partial charge in [-0.3, -0.25) is 0 Å². The number of anilines is 1. The summed E-state index contributed by atoms with van der Waals surface area (Å²) in [7, 11) is 0. The molecule has 10 heteroatoms. The van der Waals surface area contributed by atoms with E-state index in [0.29, 0.717) is 23.1 Å². The van der Waals surface area contributed by atoms with Crippen LogP contribution in [0, 0.1) is 0 Å². The van der Waals surface area contributed by atoms with Crippen LogP contribution in [0.15, 0.2) is 47.0 Å². The molecule has 1 fully saturated rings. The number of benzene rings is 1. The Hall–Kier alpha value is -3.27. The highest BCUT2D eigenvalue weighted by Crippen LogP contribution is 2.34. The van der Waals surface area contributed by atoms with Crippen LogP contribution in [-0.2, 0) is 0 Å². The molecule has 162 valence electrons. The number of halogens is 3. The Morgan fingerprint density at radius 1 is 1.26 bits per heavy atom. The summed E-state index contributed by atoms with van der Waals surface area (Å²) in [6, 6.07) is 11.1. The van der Waals surface area contributed by atoms with Crippen LogP contribution in [0.1, 0.15) is 6.92 Å². The van der Waals surface area contributed by atoms with Crippen molar-refractivity contribution < 1.29 is 22.3 Å². The lowest BCUT2D eigenvalue weighted by Gasteiger charge is -2.33. The summed E-state index contributed by atoms with van der Waals surface area (Å²) in [5.74, 6) is 0.384. The third-order valence-electron chi connectivity index (χ3n) is 5.22. The molecule has 0 saturated carbocycles. The van der Waals surface area contributed by atoms with Gasteiger partial charge in [0.15, 0.2) is 18.0 Å². The third kappa shape index (κ3) is 3.90. The van der Waals surface area contributed by atoms with Crippen molar-refractivity contribution >= 4 is 22.3 Å². The first-order valence-electron chi connectivity index (χ1n) is 9.93. The zero-order chi connectivity index (χ0) is 21.6. The molecule has 0 bridgehead atoms. The number of hydrogen-bond donors (Lipinski definition) is 1. The number of hydrogen-bond acceptors (Lipinski definition) is 6. The summed E-state index contributed by atoms with van der Waals surface area (Å²) in [5.41, 5.74) is 2.81. The zero-order valence-corrected chi connectivity index (χ0v) is 16.7. The predicted octanol–water partition coefficient (Wildman–Crippen LogP) is 3.88. The van der Waals surface area contributed by atoms with E-state index in [1.807, 2.05) is 18.2 Å². The van der Waals surface area contributed by atoms with Crippen LogP contribution < -0.4 is 15.0 Å². The molecule has 1 aliphatic heterocycles. The zero-order valence-electron chi connectivity index (χ0n) is 16.7. The van der Waals surface area contributed by atoms with E-state index >= 15 is 0 Å². The third-order valence-corrected chi connectivity index (χ3v) is 5.22. The van der Waals surface area contributed by atoms with Crippen molar-refractivity contribution in [3.05, 3.63) is 42.6 Å². The first-order chi connectivity index (χ1) is 14.9. The van der Waals surface area contributed by atoms with Crippen LogP contribution in [-0.4, -0.2) is 53.1 Å². The molecule has 1 aromatic carbocycles. The lowest BCUT2D eigenvalue weighted by atomic mass is 10.1. The summed E-state index contributed by atoms with van der Waals surface area (Å²) in [5, 5.41) is 8.56. The molecule has 0 aliphatic carbocycles. The molecule has 1 aliphatic rings. The SMILES string of the molecule is C[C@H]1CN(c2cccc3oc(-c4cnc5ccc(OCC(F)(F)F)nn45)cc23)CCN1. The largest absolute Gasteiger partial charge is 0.467 e. The van der Waals surface area contributed by atoms with Crippen LogP contribution in [0.3, 0.4) is 0 Å². The van der Waals surface area contributed by atoms with E-state index in [1.165, 1.54) is 10.6 Å². The Bertz CT molecular complexity index is 1230. The lowest BCUT2D eigenvalue weighted by Crippen LogP contribution is -2.49. The molecule has 3 aromatic heterocycles. The van der Waals surface area contributed by atoms with Crippen molar-refractivity contribution in [3.63, 3.8) is 0 Å². The Morgan fingerprint density at radius 3 is 2.94 bits per heavy atom. The predicted molar refractivity (Wildman–Crippen MR) is 109 cm³/mol. The average molecular weight is 431 g/mol. The smallest absolute Gasteiger partial charge is 0.422 e. The number of alkyl halides is 3. The van der Waals surface area contributed by atoms with E-state index in [0.717, 1.165) is 36.3 Å². The second kappa shape index (κ2) is 7.45. The number of fused-ring (bicyclic) bond motifs is 2. The number of ether oxygens (including phenoxy) is 1. The molecule has 1 atom stereocenters. The van der Waals surface area contributed by atoms with Crippen molar-refractivity contribution in [1.29, 1.82) is 0 Å². The second-order valence-electron chi connectivity index (χ2n) is 7.59. The van der Waals surface area contributed by atoms with Gasteiger partial charge in [-0.15, -0.1) is 5.10 Å². The average Bonchev–Trinajstić information content (AvgIpc) is 3.35. The topological polar surface area (TPSA) is 67.8 Å². The van der Waals surface area contributed by atoms with Crippen LogP contribution in [0.25, 0.3) is 28.1 Å². The summed E-state index contributed by atoms with van der Waals surface area (Å²) in [4.78, 5) is 6.60. The molecule has 0 spiro atoms. The Kier molecular flexibility index (Phi) is 4.73. The molecule has 1 N–H and O–H groups in total. The fourth-order valence-corrected chi connectivity index (χ4v) is 3.86. The maximum Gasteiger partial charge on any atom is 0.422 e. The number of rotatable bonds is 4. The number of nitrogens with zero attached hydrogens (tertiary/aromatic N) is 4. The van der Waals surface area contributed by atoms with Gasteiger partial charge in [-0.05, 0) is 31.2 Å². The fourth-order valence-electron chi connectivity index (χ4n) is 3.86. The summed E-state index contributed by atoms with van der Waals surface area (Å²) < 4.78 is 49.7. The van der Waals surface area contributed by atoms with Gasteiger partial charge < -0.3 is 19.4 Å². The van der Waals surface area contributed by atoms with Gasteiger partial charge in [-0.25, -0.2) is 9.50 Å². The molecule has 0 unspecified atom stereocenters. The van der Waals surface area contributed by atoms with Gasteiger partial charge in [0.2, 0.25) is 5.88 Å². The maximum atomic E-state index is 12.5. The van der Waals surface area contributed by atoms with Crippen LogP contribution >= 0.6 is 0 Å². The Labute approximate surface area is 175 Å². The molecule has 4 aromatic rings. The van der Waals surface area contributed by atoms with Crippen LogP contribution in [0.5, 0.6) is 5.88 Å². The van der Waals surface area contributed by atoms with E-state index < -0.39 is 12.8 Å². The normalized spacial score (nSPS) is 17.5. The Morgan fingerprint density at radius 2 is 2.13 bits per heavy atom. The van der Waals surface area contributed by atoms with Gasteiger partial charge in [0.25, 0.3) is 0 Å². The molecule has 31 heavy (non-hydrogen) atoms. The molecule has 1 saturated heterocycles. The van der Waals surface area contributed by atoms with Crippen molar-refractivity contribution in [2.24, 2.45) is 0 Å². The van der Waals surface area contributed by atoms with Gasteiger partial charge in [-0.1, -0.05) is 6.07 Å². The van der Waals surface area contributed by atoms with Crippen molar-refractivity contribution in [1.82, 2.24) is 19.9 Å². The van der Waals surface area contributed by atoms with Crippen LogP contribution in [0.4, 0.5) is 18.9 Å². The minimum Gasteiger partial charge on any atom is -0.467 e. The highest BCUT2D eigenvalue weighted by Gasteiger charge is 2.29. The molecule has 5 rings (SSSR count). The first kappa shape index (κ1) is 19.7. The number of imidazole rings is 1. The van der Waals surface area contributed by atoms with E-state index in [9.17, 15) is 13.2 Å². The van der Waals surface area contributed by atoms with Gasteiger partial charge >= 0.3 is 6.18 Å². The van der Waals surface area contributed by atoms with Crippen molar-refractivity contribution in [2.75, 3.05) is 31.1 Å². The maximum absolute atomic E-state index is 12.5. The van der Waals surface area contributed by atoms with E-state index in [4.69, 9.17) is 9.15 Å². The van der Waals surface area contributed by atoms with Crippen LogP contribution in [0.2, 0.25) is 0 Å². The summed E-state index contributed by atoms with van der Waals surface area (Å²) in [6.45, 7) is 3.42. The molecular formula is C21H20F3N5O2. The van der Waals surface area contributed by atoms with Crippen molar-refractivity contribution in [3.8, 4) is 17.3 Å². The van der Waals surface area contributed by atoms with Crippen molar-refractivity contribution in [2.45, 2.75) is 19.1 Å². The fraction of sp³-hybridized carbons (Fsp3) is 0.333. The molecule has 0 radical (unpaired) electrons. The number of nitrogens with one attached hydrogen (secondary N) is 1. The standard InChI is InChI=1S/C21H20F3N5O2/c1-13-11-28(8-7-25-13)15-3-2-4-17-14(15)9-18(31-17)16-10-26-19-5-6-20(27-29(16)19)30-12-21(22,23)24/h2-6,9-10,13,25H,7-8,11-12H2,1H3/t13-/m0/s1. The van der Waals surface area contributed by atoms with Gasteiger partial charge in [-0.2, -0.15) is 13.2 Å². The summed E-state index contributed by atoms with van der Waals surface area (Å²) in [6.07, 6.45) is -2.86. The van der Waals surface area contributed by atoms with E-state index in [1.54, 1.807) is 12.3 Å². The Balaban J connectivity index is 1.52. The van der Waals surface area contributed by atoms with Gasteiger partial charge in [0.05, 0.1) is 6.20 Å².